The Hall–Kier alpha value is -4.31. The summed E-state index contributed by atoms with van der Waals surface area (Å²) in [7, 11) is 3.73. The Morgan fingerprint density at radius 3 is 2.11 bits per heavy atom. The molecule has 0 aliphatic rings. The molecule has 3 aromatic carbocycles. The van der Waals surface area contributed by atoms with Crippen molar-refractivity contribution in [1.82, 2.24) is 9.97 Å². The summed E-state index contributed by atoms with van der Waals surface area (Å²) in [4.78, 5) is 21.0. The largest absolute Gasteiger partial charge is 0.508 e. The first-order chi connectivity index (χ1) is 18.1. The molecule has 1 heterocycles. The van der Waals surface area contributed by atoms with Gasteiger partial charge in [-0.1, -0.05) is 30.3 Å². The summed E-state index contributed by atoms with van der Waals surface area (Å²) >= 11 is 0. The van der Waals surface area contributed by atoms with Crippen molar-refractivity contribution >= 4 is 12.1 Å². The van der Waals surface area contributed by atoms with Gasteiger partial charge >= 0.3 is 0 Å². The molecule has 38 heavy (non-hydrogen) atoms. The van der Waals surface area contributed by atoms with Gasteiger partial charge in [-0.25, -0.2) is 27.5 Å². The molecule has 1 aromatic heterocycles. The van der Waals surface area contributed by atoms with Crippen molar-refractivity contribution in [2.75, 3.05) is 19.0 Å². The van der Waals surface area contributed by atoms with Gasteiger partial charge in [0.05, 0.1) is 11.9 Å². The van der Waals surface area contributed by atoms with E-state index in [4.69, 9.17) is 0 Å². The van der Waals surface area contributed by atoms with Crippen LogP contribution in [0.5, 0.6) is 5.75 Å². The highest BCUT2D eigenvalue weighted by Gasteiger charge is 2.22. The number of aromatic nitrogens is 2. The molecular formula is C28H25F4N3O3. The summed E-state index contributed by atoms with van der Waals surface area (Å²) in [5.74, 6) is -5.89. The molecule has 4 rings (SSSR count). The van der Waals surface area contributed by atoms with Gasteiger partial charge in [0, 0.05) is 31.6 Å². The van der Waals surface area contributed by atoms with E-state index in [1.54, 1.807) is 30.5 Å². The topological polar surface area (TPSA) is 86.6 Å². The van der Waals surface area contributed by atoms with Gasteiger partial charge in [0.1, 0.15) is 23.8 Å². The lowest BCUT2D eigenvalue weighted by Crippen LogP contribution is -2.17. The zero-order chi connectivity index (χ0) is 28.0. The van der Waals surface area contributed by atoms with Crippen LogP contribution in [-0.2, 0) is 11.2 Å². The monoisotopic (exact) mass is 527 g/mol. The number of phenols is 1. The first kappa shape index (κ1) is 28.3. The number of aromatic hydroxyl groups is 1. The van der Waals surface area contributed by atoms with Gasteiger partial charge in [-0.05, 0) is 42.3 Å². The number of aliphatic hydroxyl groups excluding tert-OH is 1. The lowest BCUT2D eigenvalue weighted by molar-refractivity contribution is -0.107. The van der Waals surface area contributed by atoms with Crippen LogP contribution in [0.3, 0.4) is 0 Å². The molecule has 1 unspecified atom stereocenters. The third-order valence-corrected chi connectivity index (χ3v) is 5.65. The van der Waals surface area contributed by atoms with E-state index in [-0.39, 0.29) is 11.3 Å². The van der Waals surface area contributed by atoms with E-state index in [9.17, 15) is 32.6 Å². The number of anilines is 1. The second kappa shape index (κ2) is 12.3. The maximum Gasteiger partial charge on any atom is 0.197 e. The van der Waals surface area contributed by atoms with Crippen LogP contribution in [0.2, 0.25) is 0 Å². The number of phenolic OH excluding ortho intramolecular Hbond substituents is 1. The molecule has 0 bridgehead atoms. The van der Waals surface area contributed by atoms with Gasteiger partial charge in [0.25, 0.3) is 0 Å². The molecule has 2 N–H and O–H groups in total. The number of hydrogen-bond donors (Lipinski definition) is 2. The van der Waals surface area contributed by atoms with Crippen molar-refractivity contribution in [3.63, 3.8) is 0 Å². The Bertz CT molecular complexity index is 1390. The Labute approximate surface area is 216 Å². The molecule has 0 spiro atoms. The third kappa shape index (κ3) is 6.15. The van der Waals surface area contributed by atoms with Crippen LogP contribution in [0.15, 0.2) is 60.8 Å². The molecule has 0 amide bonds. The lowest BCUT2D eigenvalue weighted by Gasteiger charge is -2.20. The average Bonchev–Trinajstić information content (AvgIpc) is 2.93. The minimum absolute atomic E-state index is 0.196. The molecule has 6 nitrogen and oxygen atoms in total. The zero-order valence-corrected chi connectivity index (χ0v) is 20.8. The van der Waals surface area contributed by atoms with Gasteiger partial charge in [0.2, 0.25) is 0 Å². The van der Waals surface area contributed by atoms with Gasteiger partial charge in [-0.15, -0.1) is 0 Å². The third-order valence-electron chi connectivity index (χ3n) is 5.65. The normalized spacial score (nSPS) is 11.4. The van der Waals surface area contributed by atoms with Gasteiger partial charge in [0.15, 0.2) is 29.1 Å². The van der Waals surface area contributed by atoms with Crippen LogP contribution in [0.25, 0.3) is 11.3 Å². The maximum atomic E-state index is 12.9. The predicted octanol–water partition coefficient (Wildman–Crippen LogP) is 5.29. The van der Waals surface area contributed by atoms with Crippen molar-refractivity contribution in [2.45, 2.75) is 19.4 Å². The number of carbonyl (C=O) groups is 1. The molecule has 0 radical (unpaired) electrons. The van der Waals surface area contributed by atoms with E-state index >= 15 is 0 Å². The number of rotatable bonds is 6. The van der Waals surface area contributed by atoms with Crippen molar-refractivity contribution in [1.29, 1.82) is 0 Å². The van der Waals surface area contributed by atoms with E-state index in [1.807, 2.05) is 49.3 Å². The van der Waals surface area contributed by atoms with Gasteiger partial charge in [-0.3, -0.25) is 0 Å². The molecule has 4 aromatic rings. The van der Waals surface area contributed by atoms with Crippen LogP contribution >= 0.6 is 0 Å². The van der Waals surface area contributed by atoms with Crippen LogP contribution < -0.4 is 4.90 Å². The maximum absolute atomic E-state index is 12.9. The minimum atomic E-state index is -1.88. The van der Waals surface area contributed by atoms with Crippen molar-refractivity contribution in [3.8, 4) is 17.0 Å². The lowest BCUT2D eigenvalue weighted by atomic mass is 10.0. The Morgan fingerprint density at radius 1 is 0.921 bits per heavy atom. The van der Waals surface area contributed by atoms with E-state index in [1.165, 1.54) is 0 Å². The standard InChI is InChI=1S/C19H19N3O2.C9H6F4O/c1-22(2)19-17(18(24)14-6-4-3-5-7-14)21-16(12-20-19)13-8-10-15(23)11-9-13;1-4-5(2-3-14)7(11)9(13)8(12)6(4)10/h3-12,18,23-24H,1-2H3;3H,2H2,1H3. The summed E-state index contributed by atoms with van der Waals surface area (Å²) in [6, 6.07) is 16.1. The van der Waals surface area contributed by atoms with Gasteiger partial charge < -0.3 is 19.9 Å². The molecule has 0 saturated carbocycles. The molecule has 0 aliphatic carbocycles. The fourth-order valence-electron chi connectivity index (χ4n) is 3.60. The van der Waals surface area contributed by atoms with Crippen molar-refractivity contribution in [3.05, 3.63) is 106 Å². The van der Waals surface area contributed by atoms with E-state index < -0.39 is 41.4 Å². The van der Waals surface area contributed by atoms with Crippen molar-refractivity contribution < 1.29 is 32.6 Å². The highest BCUT2D eigenvalue weighted by Crippen LogP contribution is 2.30. The van der Waals surface area contributed by atoms with E-state index in [2.05, 4.69) is 9.97 Å². The SMILES string of the molecule is CN(C)c1ncc(-c2ccc(O)cc2)nc1C(O)c1ccccc1.Cc1c(F)c(F)c(F)c(F)c1CC=O. The average molecular weight is 528 g/mol. The molecule has 198 valence electrons. The molecule has 10 heteroatoms. The van der Waals surface area contributed by atoms with Crippen LogP contribution in [-0.4, -0.2) is 40.6 Å². The number of nitrogens with zero attached hydrogens (tertiary/aromatic N) is 3. The number of halogens is 4. The minimum Gasteiger partial charge on any atom is -0.508 e. The zero-order valence-electron chi connectivity index (χ0n) is 20.8. The summed E-state index contributed by atoms with van der Waals surface area (Å²) in [5.41, 5.74) is 1.90. The number of aldehydes is 1. The van der Waals surface area contributed by atoms with Crippen LogP contribution in [0.4, 0.5) is 23.4 Å². The van der Waals surface area contributed by atoms with E-state index in [0.717, 1.165) is 18.1 Å². The summed E-state index contributed by atoms with van der Waals surface area (Å²) in [6.45, 7) is 1.08. The first-order valence-electron chi connectivity index (χ1n) is 11.4. The highest BCUT2D eigenvalue weighted by atomic mass is 19.2. The molecule has 1 atom stereocenters. The van der Waals surface area contributed by atoms with E-state index in [0.29, 0.717) is 23.5 Å². The molecule has 0 saturated heterocycles. The summed E-state index contributed by atoms with van der Waals surface area (Å²) < 4.78 is 51.1. The van der Waals surface area contributed by atoms with Gasteiger partial charge in [-0.2, -0.15) is 0 Å². The number of aliphatic hydroxyl groups is 1. The first-order valence-corrected chi connectivity index (χ1v) is 11.4. The molecule has 0 aliphatic heterocycles. The van der Waals surface area contributed by atoms with Crippen LogP contribution in [0, 0.1) is 30.2 Å². The Kier molecular flexibility index (Phi) is 9.14. The number of hydrogen-bond acceptors (Lipinski definition) is 6. The quantitative estimate of drug-likeness (QED) is 0.153. The predicted molar refractivity (Wildman–Crippen MR) is 135 cm³/mol. The summed E-state index contributed by atoms with van der Waals surface area (Å²) in [6.07, 6.45) is 0.616. The fourth-order valence-corrected chi connectivity index (χ4v) is 3.60. The second-order valence-electron chi connectivity index (χ2n) is 8.45. The Balaban J connectivity index is 0.000000244. The fraction of sp³-hybridized carbons (Fsp3) is 0.179. The van der Waals surface area contributed by atoms with Crippen LogP contribution in [0.1, 0.15) is 28.5 Å². The van der Waals surface area contributed by atoms with Crippen molar-refractivity contribution in [2.24, 2.45) is 0 Å². The molecular weight excluding hydrogens is 502 g/mol. The number of benzene rings is 3. The Morgan fingerprint density at radius 2 is 1.53 bits per heavy atom. The second-order valence-corrected chi connectivity index (χ2v) is 8.45. The summed E-state index contributed by atoms with van der Waals surface area (Å²) in [5, 5.41) is 20.2. The smallest absolute Gasteiger partial charge is 0.197 e. The highest BCUT2D eigenvalue weighted by molar-refractivity contribution is 5.62. The number of carbonyl (C=O) groups excluding carboxylic acids is 1. The molecule has 0 fully saturated rings.